The zero-order chi connectivity index (χ0) is 14.4. The van der Waals surface area contributed by atoms with E-state index in [1.807, 2.05) is 25.2 Å². The molecule has 0 aliphatic rings. The fourth-order valence-corrected chi connectivity index (χ4v) is 2.16. The Labute approximate surface area is 121 Å². The molecule has 0 fully saturated rings. The summed E-state index contributed by atoms with van der Waals surface area (Å²) in [5, 5.41) is 3.25. The fraction of sp³-hybridized carbons (Fsp3) is 0.333. The summed E-state index contributed by atoms with van der Waals surface area (Å²) in [6, 6.07) is 19.2. The molecule has 2 aromatic carbocycles. The first-order valence-electron chi connectivity index (χ1n) is 7.17. The lowest BCUT2D eigenvalue weighted by Crippen LogP contribution is -2.23. The van der Waals surface area contributed by atoms with Gasteiger partial charge in [-0.25, -0.2) is 0 Å². The van der Waals surface area contributed by atoms with Gasteiger partial charge in [-0.05, 0) is 50.6 Å². The molecule has 2 nitrogen and oxygen atoms in total. The minimum atomic E-state index is 0.0679. The van der Waals surface area contributed by atoms with E-state index >= 15 is 0 Å². The van der Waals surface area contributed by atoms with Gasteiger partial charge in [-0.2, -0.15) is 0 Å². The van der Waals surface area contributed by atoms with Crippen molar-refractivity contribution in [3.8, 4) is 5.75 Å². The van der Waals surface area contributed by atoms with E-state index in [-0.39, 0.29) is 6.10 Å². The number of hydrogen-bond donors (Lipinski definition) is 1. The van der Waals surface area contributed by atoms with Crippen molar-refractivity contribution in [2.45, 2.75) is 32.4 Å². The molecule has 0 saturated heterocycles. The van der Waals surface area contributed by atoms with Crippen LogP contribution in [0.5, 0.6) is 5.75 Å². The van der Waals surface area contributed by atoms with E-state index in [0.717, 1.165) is 12.2 Å². The molecule has 0 aliphatic carbocycles. The highest BCUT2D eigenvalue weighted by Crippen LogP contribution is 2.22. The molecule has 1 N–H and O–H groups in total. The molecule has 0 aromatic heterocycles. The molecule has 2 aromatic rings. The Balaban J connectivity index is 1.97. The van der Waals surface area contributed by atoms with Crippen molar-refractivity contribution in [1.29, 1.82) is 0 Å². The van der Waals surface area contributed by atoms with Gasteiger partial charge in [-0.3, -0.25) is 0 Å². The van der Waals surface area contributed by atoms with Gasteiger partial charge < -0.3 is 10.1 Å². The van der Waals surface area contributed by atoms with Crippen LogP contribution in [-0.2, 0) is 6.42 Å². The second-order valence-corrected chi connectivity index (χ2v) is 5.21. The molecule has 2 atom stereocenters. The van der Waals surface area contributed by atoms with E-state index in [2.05, 4.69) is 55.6 Å². The van der Waals surface area contributed by atoms with Crippen LogP contribution in [0.1, 0.15) is 31.1 Å². The van der Waals surface area contributed by atoms with E-state index < -0.39 is 0 Å². The van der Waals surface area contributed by atoms with Crippen molar-refractivity contribution in [3.63, 3.8) is 0 Å². The van der Waals surface area contributed by atoms with Crippen LogP contribution in [0.25, 0.3) is 0 Å². The Hall–Kier alpha value is -1.80. The van der Waals surface area contributed by atoms with Crippen LogP contribution in [0.4, 0.5) is 0 Å². The summed E-state index contributed by atoms with van der Waals surface area (Å²) in [4.78, 5) is 0. The molecule has 0 spiro atoms. The largest absolute Gasteiger partial charge is 0.486 e. The lowest BCUT2D eigenvalue weighted by molar-refractivity contribution is 0.227. The molecular weight excluding hydrogens is 246 g/mol. The normalized spacial score (nSPS) is 13.8. The number of rotatable bonds is 6. The fourth-order valence-electron chi connectivity index (χ4n) is 2.16. The molecular formula is C18H23NO. The van der Waals surface area contributed by atoms with Gasteiger partial charge in [0.1, 0.15) is 11.9 Å². The average molecular weight is 269 g/mol. The average Bonchev–Trinajstić information content (AvgIpc) is 2.50. The quantitative estimate of drug-likeness (QED) is 0.856. The smallest absolute Gasteiger partial charge is 0.121 e. The van der Waals surface area contributed by atoms with Crippen molar-refractivity contribution in [2.24, 2.45) is 0 Å². The van der Waals surface area contributed by atoms with Crippen LogP contribution in [0, 0.1) is 0 Å². The van der Waals surface area contributed by atoms with Gasteiger partial charge >= 0.3 is 0 Å². The van der Waals surface area contributed by atoms with Crippen LogP contribution in [0.2, 0.25) is 0 Å². The van der Waals surface area contributed by atoms with E-state index in [0.29, 0.717) is 6.04 Å². The van der Waals surface area contributed by atoms with E-state index in [1.165, 1.54) is 11.1 Å². The Morgan fingerprint density at radius 1 is 0.950 bits per heavy atom. The van der Waals surface area contributed by atoms with Crippen LogP contribution in [0.15, 0.2) is 54.6 Å². The highest BCUT2D eigenvalue weighted by molar-refractivity contribution is 5.29. The Morgan fingerprint density at radius 3 is 2.20 bits per heavy atom. The third kappa shape index (κ3) is 4.10. The van der Waals surface area contributed by atoms with Gasteiger partial charge in [-0.1, -0.05) is 42.5 Å². The Morgan fingerprint density at radius 2 is 1.60 bits per heavy atom. The minimum absolute atomic E-state index is 0.0679. The molecule has 0 aliphatic heterocycles. The molecule has 0 radical (unpaired) electrons. The maximum absolute atomic E-state index is 5.97. The molecule has 106 valence electrons. The van der Waals surface area contributed by atoms with Gasteiger partial charge in [-0.15, -0.1) is 0 Å². The monoisotopic (exact) mass is 269 g/mol. The maximum Gasteiger partial charge on any atom is 0.121 e. The summed E-state index contributed by atoms with van der Waals surface area (Å²) < 4.78 is 5.97. The van der Waals surface area contributed by atoms with Crippen LogP contribution in [-0.4, -0.2) is 13.1 Å². The first kappa shape index (κ1) is 14.6. The summed E-state index contributed by atoms with van der Waals surface area (Å²) in [7, 11) is 1.99. The second-order valence-electron chi connectivity index (χ2n) is 5.21. The number of hydrogen-bond acceptors (Lipinski definition) is 2. The van der Waals surface area contributed by atoms with Crippen LogP contribution >= 0.6 is 0 Å². The van der Waals surface area contributed by atoms with E-state index in [1.54, 1.807) is 0 Å². The van der Waals surface area contributed by atoms with Crippen molar-refractivity contribution >= 4 is 0 Å². The molecule has 0 saturated carbocycles. The summed E-state index contributed by atoms with van der Waals surface area (Å²) in [5.74, 6) is 0.919. The van der Waals surface area contributed by atoms with Crippen molar-refractivity contribution in [2.75, 3.05) is 7.05 Å². The van der Waals surface area contributed by atoms with E-state index in [9.17, 15) is 0 Å². The predicted molar refractivity (Wildman–Crippen MR) is 84.2 cm³/mol. The highest BCUT2D eigenvalue weighted by atomic mass is 16.5. The molecule has 0 bridgehead atoms. The topological polar surface area (TPSA) is 21.3 Å². The standard InChI is InChI=1S/C18H23NO/c1-14(19-3)13-16-9-11-18(12-10-16)20-15(2)17-7-5-4-6-8-17/h4-12,14-15,19H,13H2,1-3H3. The number of nitrogens with one attached hydrogen (secondary N) is 1. The molecule has 20 heavy (non-hydrogen) atoms. The van der Waals surface area contributed by atoms with Gasteiger partial charge in [0, 0.05) is 6.04 Å². The predicted octanol–water partition coefficient (Wildman–Crippen LogP) is 3.98. The first-order valence-corrected chi connectivity index (χ1v) is 7.17. The summed E-state index contributed by atoms with van der Waals surface area (Å²) >= 11 is 0. The highest BCUT2D eigenvalue weighted by Gasteiger charge is 2.07. The second kappa shape index (κ2) is 7.11. The van der Waals surface area contributed by atoms with Crippen LogP contribution < -0.4 is 10.1 Å². The zero-order valence-corrected chi connectivity index (χ0v) is 12.5. The SMILES string of the molecule is CNC(C)Cc1ccc(OC(C)c2ccccc2)cc1. The summed E-state index contributed by atoms with van der Waals surface area (Å²) in [5.41, 5.74) is 2.52. The van der Waals surface area contributed by atoms with Gasteiger partial charge in [0.25, 0.3) is 0 Å². The van der Waals surface area contributed by atoms with Crippen molar-refractivity contribution < 1.29 is 4.74 Å². The summed E-state index contributed by atoms with van der Waals surface area (Å²) in [6.45, 7) is 4.26. The Kier molecular flexibility index (Phi) is 5.19. The molecule has 0 amide bonds. The lowest BCUT2D eigenvalue weighted by atomic mass is 10.1. The third-order valence-electron chi connectivity index (χ3n) is 3.54. The van der Waals surface area contributed by atoms with Crippen molar-refractivity contribution in [3.05, 3.63) is 65.7 Å². The van der Waals surface area contributed by atoms with E-state index in [4.69, 9.17) is 4.74 Å². The Bertz CT molecular complexity index is 507. The first-order chi connectivity index (χ1) is 9.69. The third-order valence-corrected chi connectivity index (χ3v) is 3.54. The molecule has 2 unspecified atom stereocenters. The number of ether oxygens (including phenoxy) is 1. The number of likely N-dealkylation sites (N-methyl/N-ethyl adjacent to an activating group) is 1. The number of benzene rings is 2. The zero-order valence-electron chi connectivity index (χ0n) is 12.5. The van der Waals surface area contributed by atoms with Gasteiger partial charge in [0.05, 0.1) is 0 Å². The van der Waals surface area contributed by atoms with Crippen molar-refractivity contribution in [1.82, 2.24) is 5.32 Å². The summed E-state index contributed by atoms with van der Waals surface area (Å²) in [6.07, 6.45) is 1.10. The minimum Gasteiger partial charge on any atom is -0.486 e. The van der Waals surface area contributed by atoms with Crippen LogP contribution in [0.3, 0.4) is 0 Å². The molecule has 2 heteroatoms. The van der Waals surface area contributed by atoms with Gasteiger partial charge in [0.2, 0.25) is 0 Å². The molecule has 0 heterocycles. The molecule has 2 rings (SSSR count). The van der Waals surface area contributed by atoms with Gasteiger partial charge in [0.15, 0.2) is 0 Å². The maximum atomic E-state index is 5.97. The lowest BCUT2D eigenvalue weighted by Gasteiger charge is -2.16.